The zero-order valence-electron chi connectivity index (χ0n) is 15.8. The Kier molecular flexibility index (Phi) is 5.38. The number of para-hydroxylation sites is 2. The number of piperidine rings is 1. The Bertz CT molecular complexity index is 954. The molecule has 0 bridgehead atoms. The lowest BCUT2D eigenvalue weighted by molar-refractivity contribution is -0.134. The lowest BCUT2D eigenvalue weighted by atomic mass is 9.95. The fraction of sp³-hybridized carbons (Fsp3) is 0.400. The SMILES string of the molecule is Cc1csc(NC(=O)C2CCN(C(=O)CCc3nc4ccccc4[nH]3)CC2)n1. The molecule has 0 unspecified atom stereocenters. The van der Waals surface area contributed by atoms with Crippen LogP contribution in [0.15, 0.2) is 29.6 Å². The fourth-order valence-electron chi connectivity index (χ4n) is 3.52. The Labute approximate surface area is 167 Å². The van der Waals surface area contributed by atoms with Crippen LogP contribution < -0.4 is 5.32 Å². The summed E-state index contributed by atoms with van der Waals surface area (Å²) in [5.74, 6) is 0.893. The van der Waals surface area contributed by atoms with E-state index in [4.69, 9.17) is 0 Å². The summed E-state index contributed by atoms with van der Waals surface area (Å²) in [6.45, 7) is 3.14. The van der Waals surface area contributed by atoms with E-state index >= 15 is 0 Å². The van der Waals surface area contributed by atoms with Crippen molar-refractivity contribution in [3.05, 3.63) is 41.2 Å². The first kappa shape index (κ1) is 18.6. The van der Waals surface area contributed by atoms with Crippen LogP contribution in [0.25, 0.3) is 11.0 Å². The fourth-order valence-corrected chi connectivity index (χ4v) is 4.21. The molecule has 0 radical (unpaired) electrons. The molecular weight excluding hydrogens is 374 g/mol. The molecule has 0 saturated carbocycles. The summed E-state index contributed by atoms with van der Waals surface area (Å²) in [5.41, 5.74) is 2.82. The molecule has 2 amide bonds. The highest BCUT2D eigenvalue weighted by Crippen LogP contribution is 2.22. The van der Waals surface area contributed by atoms with Crippen molar-refractivity contribution >= 4 is 39.3 Å². The van der Waals surface area contributed by atoms with Gasteiger partial charge in [-0.25, -0.2) is 9.97 Å². The molecule has 2 N–H and O–H groups in total. The average molecular weight is 398 g/mol. The molecule has 3 aromatic rings. The van der Waals surface area contributed by atoms with Gasteiger partial charge in [-0.2, -0.15) is 0 Å². The van der Waals surface area contributed by atoms with Crippen LogP contribution >= 0.6 is 11.3 Å². The number of carbonyl (C=O) groups is 2. The van der Waals surface area contributed by atoms with Crippen LogP contribution in [0.5, 0.6) is 0 Å². The van der Waals surface area contributed by atoms with Crippen LogP contribution in [0.2, 0.25) is 0 Å². The lowest BCUT2D eigenvalue weighted by Crippen LogP contribution is -2.41. The van der Waals surface area contributed by atoms with Crippen molar-refractivity contribution in [3.63, 3.8) is 0 Å². The van der Waals surface area contributed by atoms with Crippen molar-refractivity contribution in [2.45, 2.75) is 32.6 Å². The molecule has 2 aromatic heterocycles. The van der Waals surface area contributed by atoms with E-state index in [-0.39, 0.29) is 17.7 Å². The molecule has 4 rings (SSSR count). The van der Waals surface area contributed by atoms with E-state index < -0.39 is 0 Å². The number of benzene rings is 1. The molecule has 1 fully saturated rings. The second-order valence-electron chi connectivity index (χ2n) is 7.14. The van der Waals surface area contributed by atoms with E-state index in [2.05, 4.69) is 20.3 Å². The molecule has 0 atom stereocenters. The minimum atomic E-state index is -0.0661. The monoisotopic (exact) mass is 397 g/mol. The number of nitrogens with one attached hydrogen (secondary N) is 2. The summed E-state index contributed by atoms with van der Waals surface area (Å²) < 4.78 is 0. The molecule has 3 heterocycles. The van der Waals surface area contributed by atoms with Gasteiger partial charge in [0, 0.05) is 37.2 Å². The van der Waals surface area contributed by atoms with Gasteiger partial charge in [0.25, 0.3) is 0 Å². The number of hydrogen-bond donors (Lipinski definition) is 2. The maximum absolute atomic E-state index is 12.5. The van der Waals surface area contributed by atoms with Gasteiger partial charge in [0.1, 0.15) is 5.82 Å². The summed E-state index contributed by atoms with van der Waals surface area (Å²) in [6.07, 6.45) is 2.39. The third-order valence-corrected chi connectivity index (χ3v) is 5.96. The van der Waals surface area contributed by atoms with Crippen molar-refractivity contribution in [3.8, 4) is 0 Å². The van der Waals surface area contributed by atoms with Crippen LogP contribution in [-0.2, 0) is 16.0 Å². The summed E-state index contributed by atoms with van der Waals surface area (Å²) in [5, 5.41) is 5.45. The average Bonchev–Trinajstić information content (AvgIpc) is 3.31. The zero-order chi connectivity index (χ0) is 19.5. The van der Waals surface area contributed by atoms with Gasteiger partial charge < -0.3 is 15.2 Å². The third kappa shape index (κ3) is 4.22. The Morgan fingerprint density at radius 1 is 1.25 bits per heavy atom. The highest BCUT2D eigenvalue weighted by atomic mass is 32.1. The van der Waals surface area contributed by atoms with Gasteiger partial charge in [-0.05, 0) is 31.9 Å². The van der Waals surface area contributed by atoms with Crippen LogP contribution in [0.4, 0.5) is 5.13 Å². The number of hydrogen-bond acceptors (Lipinski definition) is 5. The van der Waals surface area contributed by atoms with E-state index in [9.17, 15) is 9.59 Å². The second kappa shape index (κ2) is 8.10. The highest BCUT2D eigenvalue weighted by Gasteiger charge is 2.27. The zero-order valence-corrected chi connectivity index (χ0v) is 16.6. The van der Waals surface area contributed by atoms with E-state index in [1.54, 1.807) is 0 Å². The molecule has 1 aliphatic heterocycles. The molecule has 0 spiro atoms. The van der Waals surface area contributed by atoms with Crippen LogP contribution in [-0.4, -0.2) is 44.8 Å². The maximum atomic E-state index is 12.5. The number of rotatable bonds is 5. The van der Waals surface area contributed by atoms with E-state index in [1.165, 1.54) is 11.3 Å². The Morgan fingerprint density at radius 3 is 2.75 bits per heavy atom. The molecule has 28 heavy (non-hydrogen) atoms. The summed E-state index contributed by atoms with van der Waals surface area (Å²) in [6, 6.07) is 7.86. The van der Waals surface area contributed by atoms with E-state index in [0.717, 1.165) is 22.6 Å². The minimum Gasteiger partial charge on any atom is -0.343 e. The molecule has 1 aromatic carbocycles. The van der Waals surface area contributed by atoms with Crippen molar-refractivity contribution in [1.29, 1.82) is 0 Å². The van der Waals surface area contributed by atoms with Crippen molar-refractivity contribution in [2.24, 2.45) is 5.92 Å². The number of H-pyrrole nitrogens is 1. The summed E-state index contributed by atoms with van der Waals surface area (Å²) >= 11 is 1.44. The number of amides is 2. The highest BCUT2D eigenvalue weighted by molar-refractivity contribution is 7.13. The van der Waals surface area contributed by atoms with Gasteiger partial charge in [-0.3, -0.25) is 9.59 Å². The molecule has 0 aliphatic carbocycles. The molecule has 1 saturated heterocycles. The molecule has 146 valence electrons. The number of imidazole rings is 1. The first-order valence-corrected chi connectivity index (χ1v) is 10.4. The van der Waals surface area contributed by atoms with Gasteiger partial charge in [0.2, 0.25) is 11.8 Å². The predicted molar refractivity (Wildman–Crippen MR) is 109 cm³/mol. The number of carbonyl (C=O) groups excluding carboxylic acids is 2. The van der Waals surface area contributed by atoms with E-state index in [0.29, 0.717) is 43.9 Å². The molecule has 7 nitrogen and oxygen atoms in total. The number of likely N-dealkylation sites (tertiary alicyclic amines) is 1. The van der Waals surface area contributed by atoms with Crippen LogP contribution in [0.1, 0.15) is 30.8 Å². The number of fused-ring (bicyclic) bond motifs is 1. The number of aromatic amines is 1. The maximum Gasteiger partial charge on any atom is 0.229 e. The standard InChI is InChI=1S/C20H23N5O2S/c1-13-12-28-20(21-13)24-19(27)14-8-10-25(11-9-14)18(26)7-6-17-22-15-4-2-3-5-16(15)23-17/h2-5,12,14H,6-11H2,1H3,(H,22,23)(H,21,24,27). The molecule has 8 heteroatoms. The Balaban J connectivity index is 1.25. The Hall–Kier alpha value is -2.74. The van der Waals surface area contributed by atoms with Crippen LogP contribution in [0, 0.1) is 12.8 Å². The number of nitrogens with zero attached hydrogens (tertiary/aromatic N) is 3. The third-order valence-electron chi connectivity index (χ3n) is 5.08. The van der Waals surface area contributed by atoms with Gasteiger partial charge in [-0.1, -0.05) is 12.1 Å². The van der Waals surface area contributed by atoms with Gasteiger partial charge >= 0.3 is 0 Å². The number of aryl methyl sites for hydroxylation is 2. The Morgan fingerprint density at radius 2 is 2.04 bits per heavy atom. The van der Waals surface area contributed by atoms with Crippen molar-refractivity contribution < 1.29 is 9.59 Å². The second-order valence-corrected chi connectivity index (χ2v) is 8.00. The predicted octanol–water partition coefficient (Wildman–Crippen LogP) is 3.14. The van der Waals surface area contributed by atoms with Gasteiger partial charge in [-0.15, -0.1) is 11.3 Å². The van der Waals surface area contributed by atoms with E-state index in [1.807, 2.05) is 41.5 Å². The van der Waals surface area contributed by atoms with Gasteiger partial charge in [0.05, 0.1) is 16.7 Å². The van der Waals surface area contributed by atoms with Gasteiger partial charge in [0.15, 0.2) is 5.13 Å². The summed E-state index contributed by atoms with van der Waals surface area (Å²) in [7, 11) is 0. The summed E-state index contributed by atoms with van der Waals surface area (Å²) in [4.78, 5) is 38.8. The molecular formula is C20H23N5O2S. The largest absolute Gasteiger partial charge is 0.343 e. The number of thiazole rings is 1. The smallest absolute Gasteiger partial charge is 0.229 e. The lowest BCUT2D eigenvalue weighted by Gasteiger charge is -2.31. The quantitative estimate of drug-likeness (QED) is 0.692. The molecule has 1 aliphatic rings. The number of anilines is 1. The number of aromatic nitrogens is 3. The van der Waals surface area contributed by atoms with Crippen molar-refractivity contribution in [1.82, 2.24) is 19.9 Å². The first-order valence-electron chi connectivity index (χ1n) is 9.53. The normalized spacial score (nSPS) is 15.1. The van der Waals surface area contributed by atoms with Crippen molar-refractivity contribution in [2.75, 3.05) is 18.4 Å². The topological polar surface area (TPSA) is 91.0 Å². The first-order chi connectivity index (χ1) is 13.6. The minimum absolute atomic E-state index is 0.00345. The van der Waals surface area contributed by atoms with Crippen LogP contribution in [0.3, 0.4) is 0 Å².